The Hall–Kier alpha value is -0.120. The molecule has 0 aromatic rings. The molecule has 8 heavy (non-hydrogen) atoms. The predicted octanol–water partition coefficient (Wildman–Crippen LogP) is -0.892. The molecule has 1 saturated heterocycles. The van der Waals surface area contributed by atoms with Crippen LogP contribution in [0.2, 0.25) is 0 Å². The first kappa shape index (κ1) is 6.01. The molecule has 1 heterocycles. The quantitative estimate of drug-likeness (QED) is 0.465. The van der Waals surface area contributed by atoms with Gasteiger partial charge in [0.05, 0.1) is 0 Å². The third-order valence-corrected chi connectivity index (χ3v) is 1.38. The van der Waals surface area contributed by atoms with Crippen LogP contribution in [-0.2, 0) is 0 Å². The van der Waals surface area contributed by atoms with Crippen molar-refractivity contribution in [1.29, 1.82) is 0 Å². The Labute approximate surface area is 49.1 Å². The van der Waals surface area contributed by atoms with Crippen molar-refractivity contribution in [3.8, 4) is 0 Å². The molecule has 0 amide bonds. The van der Waals surface area contributed by atoms with E-state index < -0.39 is 0 Å². The Balaban J connectivity index is 2.13. The number of aliphatic hydroxyl groups is 1. The highest BCUT2D eigenvalue weighted by molar-refractivity contribution is 4.64. The summed E-state index contributed by atoms with van der Waals surface area (Å²) >= 11 is 0. The minimum Gasteiger partial charge on any atom is -0.396 e. The summed E-state index contributed by atoms with van der Waals surface area (Å²) in [6.45, 7) is 1.98. The average molecular weight is 115 g/mol. The molecular formula is C5H11N2O. The van der Waals surface area contributed by atoms with Crippen molar-refractivity contribution in [3.63, 3.8) is 0 Å². The maximum atomic E-state index is 8.60. The lowest BCUT2D eigenvalue weighted by molar-refractivity contribution is 0.188. The Kier molecular flexibility index (Phi) is 2.27. The summed E-state index contributed by atoms with van der Waals surface area (Å²) in [5.41, 5.74) is 6.78. The van der Waals surface area contributed by atoms with Gasteiger partial charge in [0.2, 0.25) is 0 Å². The second kappa shape index (κ2) is 3.02. The first-order chi connectivity index (χ1) is 3.93. The van der Waals surface area contributed by atoms with Gasteiger partial charge in [-0.2, -0.15) is 5.43 Å². The summed E-state index contributed by atoms with van der Waals surface area (Å²) in [5.74, 6) is 0.413. The summed E-state index contributed by atoms with van der Waals surface area (Å²) in [6.07, 6.45) is 1.06. The van der Waals surface area contributed by atoms with Gasteiger partial charge in [0, 0.05) is 19.7 Å². The van der Waals surface area contributed by atoms with Crippen molar-refractivity contribution in [2.24, 2.45) is 5.92 Å². The molecule has 1 atom stereocenters. The summed E-state index contributed by atoms with van der Waals surface area (Å²) in [6, 6.07) is 0. The fourth-order valence-electron chi connectivity index (χ4n) is 0.782. The second-order valence-corrected chi connectivity index (χ2v) is 2.09. The SMILES string of the molecule is OCC1CCN[N]C1. The van der Waals surface area contributed by atoms with Crippen LogP contribution >= 0.6 is 0 Å². The molecule has 0 aliphatic carbocycles. The van der Waals surface area contributed by atoms with E-state index in [0.717, 1.165) is 19.5 Å². The molecule has 0 aromatic carbocycles. The molecule has 0 spiro atoms. The van der Waals surface area contributed by atoms with Crippen LogP contribution in [-0.4, -0.2) is 24.8 Å². The molecule has 1 unspecified atom stereocenters. The number of nitrogens with zero attached hydrogens (tertiary/aromatic N) is 1. The number of aliphatic hydroxyl groups excluding tert-OH is 1. The third kappa shape index (κ3) is 1.43. The van der Waals surface area contributed by atoms with Crippen molar-refractivity contribution in [3.05, 3.63) is 0 Å². The van der Waals surface area contributed by atoms with Crippen molar-refractivity contribution >= 4 is 0 Å². The van der Waals surface area contributed by atoms with E-state index in [0.29, 0.717) is 5.92 Å². The molecule has 1 aliphatic heterocycles. The molecule has 1 aliphatic rings. The lowest BCUT2D eigenvalue weighted by Gasteiger charge is -2.18. The minimum atomic E-state index is 0.283. The molecule has 1 fully saturated rings. The van der Waals surface area contributed by atoms with Crippen LogP contribution in [0, 0.1) is 5.92 Å². The van der Waals surface area contributed by atoms with Crippen LogP contribution in [0.25, 0.3) is 0 Å². The molecule has 1 radical (unpaired) electrons. The van der Waals surface area contributed by atoms with Gasteiger partial charge < -0.3 is 5.11 Å². The first-order valence-electron chi connectivity index (χ1n) is 2.93. The van der Waals surface area contributed by atoms with Crippen LogP contribution in [0.3, 0.4) is 0 Å². The largest absolute Gasteiger partial charge is 0.396 e. The molecule has 47 valence electrons. The Bertz CT molecular complexity index is 61.4. The smallest absolute Gasteiger partial charge is 0.0473 e. The molecule has 3 nitrogen and oxygen atoms in total. The molecule has 0 saturated carbocycles. The van der Waals surface area contributed by atoms with Crippen LogP contribution < -0.4 is 10.9 Å². The van der Waals surface area contributed by atoms with Gasteiger partial charge in [-0.1, -0.05) is 0 Å². The highest BCUT2D eigenvalue weighted by Crippen LogP contribution is 2.01. The predicted molar refractivity (Wildman–Crippen MR) is 30.2 cm³/mol. The van der Waals surface area contributed by atoms with E-state index >= 15 is 0 Å². The highest BCUT2D eigenvalue weighted by Gasteiger charge is 2.10. The second-order valence-electron chi connectivity index (χ2n) is 2.09. The first-order valence-corrected chi connectivity index (χ1v) is 2.93. The van der Waals surface area contributed by atoms with Crippen LogP contribution in [0.5, 0.6) is 0 Å². The van der Waals surface area contributed by atoms with E-state index in [4.69, 9.17) is 5.11 Å². The zero-order valence-corrected chi connectivity index (χ0v) is 4.80. The molecule has 3 heteroatoms. The Morgan fingerprint density at radius 3 is 3.00 bits per heavy atom. The third-order valence-electron chi connectivity index (χ3n) is 1.38. The van der Waals surface area contributed by atoms with Crippen LogP contribution in [0.15, 0.2) is 0 Å². The highest BCUT2D eigenvalue weighted by atomic mass is 16.3. The van der Waals surface area contributed by atoms with E-state index in [9.17, 15) is 0 Å². The molecule has 2 N–H and O–H groups in total. The monoisotopic (exact) mass is 115 g/mol. The summed E-state index contributed by atoms with van der Waals surface area (Å²) in [4.78, 5) is 0. The van der Waals surface area contributed by atoms with Gasteiger partial charge >= 0.3 is 0 Å². The fourth-order valence-corrected chi connectivity index (χ4v) is 0.782. The van der Waals surface area contributed by atoms with Crippen molar-refractivity contribution in [2.45, 2.75) is 6.42 Å². The lowest BCUT2D eigenvalue weighted by Crippen LogP contribution is -2.38. The molecular weight excluding hydrogens is 104 g/mol. The van der Waals surface area contributed by atoms with E-state index in [1.54, 1.807) is 0 Å². The van der Waals surface area contributed by atoms with Gasteiger partial charge in [0.15, 0.2) is 0 Å². The van der Waals surface area contributed by atoms with E-state index in [2.05, 4.69) is 10.9 Å². The van der Waals surface area contributed by atoms with Crippen molar-refractivity contribution in [1.82, 2.24) is 10.9 Å². The van der Waals surface area contributed by atoms with Crippen molar-refractivity contribution < 1.29 is 5.11 Å². The maximum absolute atomic E-state index is 8.60. The summed E-state index contributed by atoms with van der Waals surface area (Å²) in [7, 11) is 0. The number of hydrogen-bond donors (Lipinski definition) is 2. The number of hydrogen-bond acceptors (Lipinski definition) is 2. The Morgan fingerprint density at radius 1 is 1.75 bits per heavy atom. The Morgan fingerprint density at radius 2 is 2.62 bits per heavy atom. The summed E-state index contributed by atoms with van der Waals surface area (Å²) in [5, 5.41) is 8.60. The van der Waals surface area contributed by atoms with Gasteiger partial charge in [0.25, 0.3) is 0 Å². The molecule has 0 aromatic heterocycles. The zero-order chi connectivity index (χ0) is 5.82. The van der Waals surface area contributed by atoms with E-state index in [-0.39, 0.29) is 6.61 Å². The van der Waals surface area contributed by atoms with Gasteiger partial charge in [-0.05, 0) is 12.3 Å². The standard InChI is InChI=1S/C5H11N2O/c8-4-5-1-2-6-7-3-5/h5-6,8H,1-4H2. The van der Waals surface area contributed by atoms with Gasteiger partial charge in [-0.25, -0.2) is 5.43 Å². The average Bonchev–Trinajstić information content (AvgIpc) is 1.90. The lowest BCUT2D eigenvalue weighted by atomic mass is 10.1. The maximum Gasteiger partial charge on any atom is 0.0473 e. The fraction of sp³-hybridized carbons (Fsp3) is 1.00. The topological polar surface area (TPSA) is 46.4 Å². The minimum absolute atomic E-state index is 0.283. The van der Waals surface area contributed by atoms with Gasteiger partial charge in [-0.15, -0.1) is 0 Å². The van der Waals surface area contributed by atoms with Crippen LogP contribution in [0.1, 0.15) is 6.42 Å². The molecule has 0 bridgehead atoms. The van der Waals surface area contributed by atoms with E-state index in [1.807, 2.05) is 0 Å². The zero-order valence-electron chi connectivity index (χ0n) is 4.80. The van der Waals surface area contributed by atoms with Crippen LogP contribution in [0.4, 0.5) is 0 Å². The van der Waals surface area contributed by atoms with Gasteiger partial charge in [-0.3, -0.25) is 0 Å². The van der Waals surface area contributed by atoms with Crippen molar-refractivity contribution in [2.75, 3.05) is 19.7 Å². The van der Waals surface area contributed by atoms with Gasteiger partial charge in [0.1, 0.15) is 0 Å². The normalized spacial score (nSPS) is 30.4. The van der Waals surface area contributed by atoms with E-state index in [1.165, 1.54) is 0 Å². The molecule has 1 rings (SSSR count). The number of nitrogens with one attached hydrogen (secondary N) is 1. The number of rotatable bonds is 1. The summed E-state index contributed by atoms with van der Waals surface area (Å²) < 4.78 is 0.